The molecule has 1 aliphatic rings. The molecule has 1 aliphatic heterocycles. The first-order valence-electron chi connectivity index (χ1n) is 8.62. The Bertz CT molecular complexity index is 1020. The van der Waals surface area contributed by atoms with E-state index in [1.807, 2.05) is 0 Å². The molecule has 0 fully saturated rings. The third kappa shape index (κ3) is 4.42. The van der Waals surface area contributed by atoms with Gasteiger partial charge in [0.2, 0.25) is 0 Å². The van der Waals surface area contributed by atoms with Crippen LogP contribution in [-0.4, -0.2) is 24.4 Å². The van der Waals surface area contributed by atoms with E-state index in [0.29, 0.717) is 11.1 Å². The molecule has 1 atom stereocenters. The van der Waals surface area contributed by atoms with E-state index < -0.39 is 30.5 Å². The molecule has 1 unspecified atom stereocenters. The van der Waals surface area contributed by atoms with Crippen LogP contribution >= 0.6 is 46.4 Å². The Kier molecular flexibility index (Phi) is 6.63. The van der Waals surface area contributed by atoms with E-state index >= 15 is 0 Å². The Morgan fingerprint density at radius 3 is 2.27 bits per heavy atom. The van der Waals surface area contributed by atoms with Gasteiger partial charge in [0.05, 0.1) is 21.6 Å². The van der Waals surface area contributed by atoms with Crippen LogP contribution < -0.4 is 0 Å². The smallest absolute Gasteiger partial charge is 0.400 e. The number of rotatable bonds is 4. The predicted molar refractivity (Wildman–Crippen MR) is 112 cm³/mol. The van der Waals surface area contributed by atoms with E-state index in [4.69, 9.17) is 51.1 Å². The van der Waals surface area contributed by atoms with Gasteiger partial charge in [0, 0.05) is 29.6 Å². The van der Waals surface area contributed by atoms with E-state index in [0.717, 1.165) is 0 Å². The van der Waals surface area contributed by atoms with Gasteiger partial charge < -0.3 is 4.74 Å². The summed E-state index contributed by atoms with van der Waals surface area (Å²) in [5.74, 6) is -0.467. The molecule has 30 heavy (non-hydrogen) atoms. The van der Waals surface area contributed by atoms with Gasteiger partial charge in [-0.2, -0.15) is 13.2 Å². The first-order valence-corrected chi connectivity index (χ1v) is 10.1. The maximum atomic E-state index is 14.2. The van der Waals surface area contributed by atoms with Crippen molar-refractivity contribution in [3.63, 3.8) is 0 Å². The highest BCUT2D eigenvalue weighted by Gasteiger charge is 2.58. The maximum Gasteiger partial charge on any atom is 0.400 e. The first-order chi connectivity index (χ1) is 13.9. The Balaban J connectivity index is 1.95. The highest BCUT2D eigenvalue weighted by Crippen LogP contribution is 2.49. The molecule has 0 bridgehead atoms. The number of esters is 1. The fraction of sp³-hybridized carbons (Fsp3) is 0.300. The molecule has 2 aromatic rings. The molecule has 0 aliphatic carbocycles. The van der Waals surface area contributed by atoms with Gasteiger partial charge in [-0.25, -0.2) is 0 Å². The zero-order valence-corrected chi connectivity index (χ0v) is 18.4. The standard InChI is InChI=1S/C20H14Cl4F3NO2/c1-10(29)30-8-12-3-2-11(4-14(12)21)17-7-19(9-28-17,20(25,26)27)13-5-15(22)18(24)16(23)6-13/h2-6H,7-9H2,1H3. The van der Waals surface area contributed by atoms with Crippen molar-refractivity contribution < 1.29 is 22.7 Å². The van der Waals surface area contributed by atoms with Crippen molar-refractivity contribution in [3.05, 3.63) is 67.1 Å². The number of nitrogens with zero attached hydrogens (tertiary/aromatic N) is 1. The van der Waals surface area contributed by atoms with Crippen LogP contribution in [0.25, 0.3) is 0 Å². The van der Waals surface area contributed by atoms with Gasteiger partial charge in [-0.15, -0.1) is 0 Å². The lowest BCUT2D eigenvalue weighted by molar-refractivity contribution is -0.183. The molecule has 1 heterocycles. The lowest BCUT2D eigenvalue weighted by Gasteiger charge is -2.32. The summed E-state index contributed by atoms with van der Waals surface area (Å²) in [6.07, 6.45) is -5.03. The number of carbonyl (C=O) groups is 1. The summed E-state index contributed by atoms with van der Waals surface area (Å²) in [4.78, 5) is 15.1. The molecule has 2 aromatic carbocycles. The average Bonchev–Trinajstić information content (AvgIpc) is 3.11. The third-order valence-electron chi connectivity index (χ3n) is 4.91. The van der Waals surface area contributed by atoms with Crippen LogP contribution in [0.5, 0.6) is 0 Å². The molecule has 3 rings (SSSR count). The van der Waals surface area contributed by atoms with E-state index in [-0.39, 0.29) is 38.0 Å². The van der Waals surface area contributed by atoms with Crippen LogP contribution in [0.4, 0.5) is 13.2 Å². The lowest BCUT2D eigenvalue weighted by atomic mass is 9.76. The van der Waals surface area contributed by atoms with Gasteiger partial charge in [0.1, 0.15) is 12.0 Å². The normalized spacial score (nSPS) is 19.0. The lowest BCUT2D eigenvalue weighted by Crippen LogP contribution is -2.43. The number of carbonyl (C=O) groups excluding carboxylic acids is 1. The number of benzene rings is 2. The van der Waals surface area contributed by atoms with Crippen molar-refractivity contribution in [1.82, 2.24) is 0 Å². The second kappa shape index (κ2) is 8.58. The number of aliphatic imine (C=N–C) groups is 1. The van der Waals surface area contributed by atoms with Crippen molar-refractivity contribution >= 4 is 58.1 Å². The molecule has 0 aromatic heterocycles. The van der Waals surface area contributed by atoms with Gasteiger partial charge >= 0.3 is 12.1 Å². The molecule has 0 amide bonds. The fourth-order valence-corrected chi connectivity index (χ4v) is 4.05. The molecule has 0 saturated heterocycles. The van der Waals surface area contributed by atoms with E-state index in [2.05, 4.69) is 4.99 Å². The number of hydrogen-bond donors (Lipinski definition) is 0. The Hall–Kier alpha value is -1.47. The first kappa shape index (κ1) is 23.2. The number of ether oxygens (including phenoxy) is 1. The summed E-state index contributed by atoms with van der Waals surface area (Å²) in [5.41, 5.74) is -1.17. The molecule has 160 valence electrons. The predicted octanol–water partition coefficient (Wildman–Crippen LogP) is 7.06. The topological polar surface area (TPSA) is 38.7 Å². The van der Waals surface area contributed by atoms with Crippen molar-refractivity contribution in [2.45, 2.75) is 31.5 Å². The van der Waals surface area contributed by atoms with Crippen molar-refractivity contribution in [2.24, 2.45) is 4.99 Å². The minimum atomic E-state index is -4.61. The quantitative estimate of drug-likeness (QED) is 0.334. The minimum Gasteiger partial charge on any atom is -0.461 e. The Morgan fingerprint density at radius 1 is 1.10 bits per heavy atom. The van der Waals surface area contributed by atoms with E-state index in [1.165, 1.54) is 25.1 Å². The summed E-state index contributed by atoms with van der Waals surface area (Å²) in [7, 11) is 0. The molecule has 10 heteroatoms. The van der Waals surface area contributed by atoms with E-state index in [1.54, 1.807) is 12.1 Å². The molecule has 3 nitrogen and oxygen atoms in total. The summed E-state index contributed by atoms with van der Waals surface area (Å²) in [6.45, 7) is 0.712. The van der Waals surface area contributed by atoms with Crippen LogP contribution in [0.1, 0.15) is 30.0 Å². The van der Waals surface area contributed by atoms with Crippen molar-refractivity contribution in [3.8, 4) is 0 Å². The van der Waals surface area contributed by atoms with Gasteiger partial charge in [0.25, 0.3) is 0 Å². The second-order valence-corrected chi connectivity index (χ2v) is 8.46. The largest absolute Gasteiger partial charge is 0.461 e. The number of hydrogen-bond acceptors (Lipinski definition) is 3. The van der Waals surface area contributed by atoms with Gasteiger partial charge in [0.15, 0.2) is 0 Å². The Morgan fingerprint density at radius 2 is 1.73 bits per heavy atom. The summed E-state index contributed by atoms with van der Waals surface area (Å²) < 4.78 is 47.5. The molecule has 0 radical (unpaired) electrons. The van der Waals surface area contributed by atoms with Gasteiger partial charge in [-0.05, 0) is 29.3 Å². The van der Waals surface area contributed by atoms with Crippen LogP contribution in [0, 0.1) is 0 Å². The minimum absolute atomic E-state index is 0.00584. The molecule has 0 spiro atoms. The summed E-state index contributed by atoms with van der Waals surface area (Å²) in [5, 5.41) is 0.135. The van der Waals surface area contributed by atoms with Gasteiger partial charge in [-0.1, -0.05) is 58.5 Å². The molecule has 0 N–H and O–H groups in total. The molecular weight excluding hydrogens is 485 g/mol. The number of alkyl halides is 3. The maximum absolute atomic E-state index is 14.2. The monoisotopic (exact) mass is 497 g/mol. The number of halogens is 7. The highest BCUT2D eigenvalue weighted by atomic mass is 35.5. The van der Waals surface area contributed by atoms with Crippen LogP contribution in [-0.2, 0) is 21.6 Å². The third-order valence-corrected chi connectivity index (χ3v) is 6.45. The second-order valence-electron chi connectivity index (χ2n) is 6.86. The van der Waals surface area contributed by atoms with Gasteiger partial charge in [-0.3, -0.25) is 9.79 Å². The molecule has 0 saturated carbocycles. The van der Waals surface area contributed by atoms with Crippen LogP contribution in [0.2, 0.25) is 20.1 Å². The highest BCUT2D eigenvalue weighted by molar-refractivity contribution is 6.48. The summed E-state index contributed by atoms with van der Waals surface area (Å²) in [6, 6.07) is 7.05. The average molecular weight is 499 g/mol. The van der Waals surface area contributed by atoms with E-state index in [9.17, 15) is 18.0 Å². The fourth-order valence-electron chi connectivity index (χ4n) is 3.22. The molecular formula is C20H14Cl4F3NO2. The van der Waals surface area contributed by atoms with Crippen molar-refractivity contribution in [2.75, 3.05) is 6.54 Å². The zero-order chi connectivity index (χ0) is 22.3. The van der Waals surface area contributed by atoms with Crippen LogP contribution in [0.15, 0.2) is 35.3 Å². The van der Waals surface area contributed by atoms with Crippen LogP contribution in [0.3, 0.4) is 0 Å². The summed E-state index contributed by atoms with van der Waals surface area (Å²) >= 11 is 24.1. The SMILES string of the molecule is CC(=O)OCc1ccc(C2=NCC(c3cc(Cl)c(Cl)c(Cl)c3)(C(F)(F)F)C2)cc1Cl. The zero-order valence-electron chi connectivity index (χ0n) is 15.4. The van der Waals surface area contributed by atoms with Crippen molar-refractivity contribution in [1.29, 1.82) is 0 Å². The Labute approximate surface area is 190 Å².